The molecule has 0 unspecified atom stereocenters. The lowest BCUT2D eigenvalue weighted by atomic mass is 10.2. The predicted octanol–water partition coefficient (Wildman–Crippen LogP) is 1.27. The van der Waals surface area contributed by atoms with Crippen molar-refractivity contribution in [3.05, 3.63) is 0 Å². The Hall–Kier alpha value is -0.860. The van der Waals surface area contributed by atoms with Crippen LogP contribution in [-0.4, -0.2) is 18.2 Å². The maximum absolute atomic E-state index is 10.9. The molecule has 1 N–H and O–H groups in total. The van der Waals surface area contributed by atoms with E-state index in [1.165, 1.54) is 0 Å². The van der Waals surface area contributed by atoms with E-state index in [0.717, 1.165) is 19.3 Å². The van der Waals surface area contributed by atoms with E-state index in [1.807, 2.05) is 0 Å². The smallest absolute Gasteiger partial charge is 0.287 e. The summed E-state index contributed by atoms with van der Waals surface area (Å²) in [6.45, 7) is 4.41. The summed E-state index contributed by atoms with van der Waals surface area (Å²) in [6, 6.07) is 0. The zero-order valence-corrected chi connectivity index (χ0v) is 7.85. The second kappa shape index (κ2) is 6.83. The average Bonchev–Trinajstić information content (AvgIpc) is 2.10. The van der Waals surface area contributed by atoms with Gasteiger partial charge in [-0.15, -0.1) is 0 Å². The molecule has 0 bridgehead atoms. The highest BCUT2D eigenvalue weighted by Crippen LogP contribution is 1.91. The Morgan fingerprint density at radius 2 is 1.83 bits per heavy atom. The highest BCUT2D eigenvalue weighted by Gasteiger charge is 2.08. The molecule has 0 atom stereocenters. The first-order valence-corrected chi connectivity index (χ1v) is 4.53. The number of unbranched alkanes of at least 4 members (excludes halogenated alkanes) is 2. The molecule has 0 radical (unpaired) electrons. The topological polar surface area (TPSA) is 46.2 Å². The zero-order chi connectivity index (χ0) is 9.40. The quantitative estimate of drug-likeness (QED) is 0.483. The number of carbonyl (C=O) groups is 2. The molecule has 3 nitrogen and oxygen atoms in total. The average molecular weight is 171 g/mol. The summed E-state index contributed by atoms with van der Waals surface area (Å²) in [4.78, 5) is 21.6. The molecule has 0 fully saturated rings. The first kappa shape index (κ1) is 11.1. The third-order valence-electron chi connectivity index (χ3n) is 1.64. The van der Waals surface area contributed by atoms with Crippen LogP contribution >= 0.6 is 0 Å². The minimum Gasteiger partial charge on any atom is -0.350 e. The Balaban J connectivity index is 3.38. The molecule has 0 heterocycles. The summed E-state index contributed by atoms with van der Waals surface area (Å²) in [5.41, 5.74) is 0. The van der Waals surface area contributed by atoms with Crippen molar-refractivity contribution in [2.45, 2.75) is 39.5 Å². The molecule has 70 valence electrons. The maximum atomic E-state index is 10.9. The van der Waals surface area contributed by atoms with Crippen molar-refractivity contribution < 1.29 is 9.59 Å². The monoisotopic (exact) mass is 171 g/mol. The van der Waals surface area contributed by atoms with Gasteiger partial charge < -0.3 is 5.32 Å². The van der Waals surface area contributed by atoms with E-state index in [9.17, 15) is 9.59 Å². The van der Waals surface area contributed by atoms with Gasteiger partial charge in [0.05, 0.1) is 0 Å². The van der Waals surface area contributed by atoms with Crippen molar-refractivity contribution >= 4 is 11.7 Å². The minimum atomic E-state index is -0.436. The maximum Gasteiger partial charge on any atom is 0.287 e. The SMILES string of the molecule is CCCCCNC(=O)C(=O)CC. The van der Waals surface area contributed by atoms with Crippen LogP contribution in [0.4, 0.5) is 0 Å². The lowest BCUT2D eigenvalue weighted by Crippen LogP contribution is -2.31. The van der Waals surface area contributed by atoms with Crippen molar-refractivity contribution in [2.75, 3.05) is 6.54 Å². The molecule has 0 saturated heterocycles. The molecule has 1 amide bonds. The van der Waals surface area contributed by atoms with Gasteiger partial charge in [-0.2, -0.15) is 0 Å². The third-order valence-corrected chi connectivity index (χ3v) is 1.64. The predicted molar refractivity (Wildman–Crippen MR) is 47.8 cm³/mol. The van der Waals surface area contributed by atoms with Crippen molar-refractivity contribution in [3.63, 3.8) is 0 Å². The van der Waals surface area contributed by atoms with Crippen LogP contribution in [0.1, 0.15) is 39.5 Å². The first-order valence-electron chi connectivity index (χ1n) is 4.53. The Labute approximate surface area is 73.5 Å². The van der Waals surface area contributed by atoms with Crippen LogP contribution < -0.4 is 5.32 Å². The van der Waals surface area contributed by atoms with Gasteiger partial charge in [0.25, 0.3) is 5.91 Å². The van der Waals surface area contributed by atoms with Crippen LogP contribution in [0.3, 0.4) is 0 Å². The summed E-state index contributed by atoms with van der Waals surface area (Å²) < 4.78 is 0. The zero-order valence-electron chi connectivity index (χ0n) is 7.85. The molecule has 0 spiro atoms. The van der Waals surface area contributed by atoms with Crippen LogP contribution in [0, 0.1) is 0 Å². The summed E-state index contributed by atoms with van der Waals surface area (Å²) in [7, 11) is 0. The summed E-state index contributed by atoms with van der Waals surface area (Å²) >= 11 is 0. The second-order valence-corrected chi connectivity index (χ2v) is 2.74. The van der Waals surface area contributed by atoms with Crippen molar-refractivity contribution in [1.29, 1.82) is 0 Å². The Kier molecular flexibility index (Phi) is 6.34. The summed E-state index contributed by atoms with van der Waals surface area (Å²) in [6.07, 6.45) is 3.47. The second-order valence-electron chi connectivity index (χ2n) is 2.74. The van der Waals surface area contributed by atoms with Gasteiger partial charge in [-0.3, -0.25) is 9.59 Å². The van der Waals surface area contributed by atoms with E-state index in [0.29, 0.717) is 13.0 Å². The van der Waals surface area contributed by atoms with Gasteiger partial charge in [0.15, 0.2) is 0 Å². The minimum absolute atomic E-state index is 0.291. The van der Waals surface area contributed by atoms with Crippen molar-refractivity contribution in [3.8, 4) is 0 Å². The van der Waals surface area contributed by atoms with E-state index in [-0.39, 0.29) is 5.78 Å². The van der Waals surface area contributed by atoms with Crippen LogP contribution in [0.15, 0.2) is 0 Å². The largest absolute Gasteiger partial charge is 0.350 e. The molecule has 0 saturated carbocycles. The Morgan fingerprint density at radius 1 is 1.17 bits per heavy atom. The third kappa shape index (κ3) is 4.88. The molecule has 0 aromatic heterocycles. The van der Waals surface area contributed by atoms with Crippen molar-refractivity contribution in [2.24, 2.45) is 0 Å². The fourth-order valence-electron chi connectivity index (χ4n) is 0.836. The van der Waals surface area contributed by atoms with Crippen molar-refractivity contribution in [1.82, 2.24) is 5.32 Å². The molecule has 0 aliphatic rings. The molecular formula is C9H17NO2. The van der Waals surface area contributed by atoms with Crippen LogP contribution in [0.2, 0.25) is 0 Å². The van der Waals surface area contributed by atoms with Crippen LogP contribution in [0.25, 0.3) is 0 Å². The van der Waals surface area contributed by atoms with Gasteiger partial charge >= 0.3 is 0 Å². The van der Waals surface area contributed by atoms with Crippen LogP contribution in [-0.2, 0) is 9.59 Å². The van der Waals surface area contributed by atoms with Gasteiger partial charge in [0.1, 0.15) is 0 Å². The van der Waals surface area contributed by atoms with E-state index in [4.69, 9.17) is 0 Å². The number of Topliss-reactive ketones (excluding diaryl/α,β-unsaturated/α-hetero) is 1. The highest BCUT2D eigenvalue weighted by atomic mass is 16.2. The van der Waals surface area contributed by atoms with Gasteiger partial charge in [0, 0.05) is 13.0 Å². The highest BCUT2D eigenvalue weighted by molar-refractivity contribution is 6.36. The Morgan fingerprint density at radius 3 is 2.33 bits per heavy atom. The summed E-state index contributed by atoms with van der Waals surface area (Å²) in [5, 5.41) is 2.58. The van der Waals surface area contributed by atoms with Gasteiger partial charge in [-0.25, -0.2) is 0 Å². The first-order chi connectivity index (χ1) is 5.72. The molecular weight excluding hydrogens is 154 g/mol. The number of hydrogen-bond acceptors (Lipinski definition) is 2. The fraction of sp³-hybridized carbons (Fsp3) is 0.778. The molecule has 0 aliphatic heterocycles. The number of nitrogens with one attached hydrogen (secondary N) is 1. The molecule has 0 aromatic carbocycles. The number of amides is 1. The number of rotatable bonds is 6. The number of hydrogen-bond donors (Lipinski definition) is 1. The molecule has 12 heavy (non-hydrogen) atoms. The van der Waals surface area contributed by atoms with Gasteiger partial charge in [-0.1, -0.05) is 26.7 Å². The van der Waals surface area contributed by atoms with E-state index >= 15 is 0 Å². The molecule has 0 aromatic rings. The number of ketones is 1. The number of carbonyl (C=O) groups excluding carboxylic acids is 2. The van der Waals surface area contributed by atoms with Gasteiger partial charge in [0.2, 0.25) is 5.78 Å². The standard InChI is InChI=1S/C9H17NO2/c1-3-5-6-7-10-9(12)8(11)4-2/h3-7H2,1-2H3,(H,10,12). The Bertz CT molecular complexity index is 155. The molecule has 0 rings (SSSR count). The lowest BCUT2D eigenvalue weighted by Gasteiger charge is -2.01. The molecule has 3 heteroatoms. The van der Waals surface area contributed by atoms with E-state index in [2.05, 4.69) is 12.2 Å². The molecule has 0 aliphatic carbocycles. The lowest BCUT2D eigenvalue weighted by molar-refractivity contribution is -0.137. The van der Waals surface area contributed by atoms with Crippen LogP contribution in [0.5, 0.6) is 0 Å². The summed E-state index contributed by atoms with van der Waals surface area (Å²) in [5.74, 6) is -0.764. The fourth-order valence-corrected chi connectivity index (χ4v) is 0.836. The normalized spacial score (nSPS) is 9.50. The van der Waals surface area contributed by atoms with E-state index < -0.39 is 5.91 Å². The van der Waals surface area contributed by atoms with E-state index in [1.54, 1.807) is 6.92 Å². The van der Waals surface area contributed by atoms with Gasteiger partial charge in [-0.05, 0) is 6.42 Å².